The van der Waals surface area contributed by atoms with Crippen LogP contribution < -0.4 is 4.74 Å². The van der Waals surface area contributed by atoms with Crippen LogP contribution in [0.2, 0.25) is 0 Å². The van der Waals surface area contributed by atoms with Crippen molar-refractivity contribution in [2.24, 2.45) is 5.92 Å². The first-order chi connectivity index (χ1) is 7.13. The van der Waals surface area contributed by atoms with Gasteiger partial charge in [0.2, 0.25) is 0 Å². The smallest absolute Gasteiger partial charge is 0.132 e. The van der Waals surface area contributed by atoms with Gasteiger partial charge in [-0.25, -0.2) is 0 Å². The van der Waals surface area contributed by atoms with Gasteiger partial charge in [-0.2, -0.15) is 0 Å². The lowest BCUT2D eigenvalue weighted by molar-refractivity contribution is -0.120. The first-order valence-corrected chi connectivity index (χ1v) is 5.27. The number of aryl methyl sites for hydroxylation is 1. The molecule has 15 heavy (non-hydrogen) atoms. The van der Waals surface area contributed by atoms with E-state index in [0.717, 1.165) is 18.6 Å². The highest BCUT2D eigenvalue weighted by atomic mass is 16.5. The van der Waals surface area contributed by atoms with Gasteiger partial charge in [-0.1, -0.05) is 19.1 Å². The van der Waals surface area contributed by atoms with Crippen LogP contribution in [0.1, 0.15) is 25.8 Å². The number of hydrogen-bond donors (Lipinski definition) is 0. The molecule has 1 aromatic rings. The Hall–Kier alpha value is -1.31. The molecular weight excluding hydrogens is 188 g/mol. The summed E-state index contributed by atoms with van der Waals surface area (Å²) in [5.74, 6) is 1.30. The minimum absolute atomic E-state index is 0.159. The summed E-state index contributed by atoms with van der Waals surface area (Å²) in [6, 6.07) is 8.00. The SMILES string of the molecule is COc1ccc(CCC(C)C(C)=O)cc1. The van der Waals surface area contributed by atoms with Crippen molar-refractivity contribution in [1.29, 1.82) is 0 Å². The third kappa shape index (κ3) is 3.74. The Bertz CT molecular complexity index is 314. The molecule has 82 valence electrons. The second kappa shape index (κ2) is 5.54. The number of hydrogen-bond acceptors (Lipinski definition) is 2. The molecule has 1 rings (SSSR count). The summed E-state index contributed by atoms with van der Waals surface area (Å²) in [7, 11) is 1.66. The van der Waals surface area contributed by atoms with E-state index in [1.54, 1.807) is 14.0 Å². The Labute approximate surface area is 91.3 Å². The predicted octanol–water partition coefficient (Wildman–Crippen LogP) is 2.85. The van der Waals surface area contributed by atoms with Crippen LogP contribution in [0.5, 0.6) is 5.75 Å². The molecule has 0 N–H and O–H groups in total. The maximum atomic E-state index is 11.0. The molecule has 1 atom stereocenters. The lowest BCUT2D eigenvalue weighted by Gasteiger charge is -2.07. The zero-order valence-corrected chi connectivity index (χ0v) is 9.62. The van der Waals surface area contributed by atoms with Crippen molar-refractivity contribution in [2.45, 2.75) is 26.7 Å². The molecule has 2 nitrogen and oxygen atoms in total. The fraction of sp³-hybridized carbons (Fsp3) is 0.462. The van der Waals surface area contributed by atoms with Gasteiger partial charge in [0.25, 0.3) is 0 Å². The summed E-state index contributed by atoms with van der Waals surface area (Å²) in [4.78, 5) is 11.0. The zero-order valence-electron chi connectivity index (χ0n) is 9.62. The van der Waals surface area contributed by atoms with Gasteiger partial charge in [0.15, 0.2) is 0 Å². The molecule has 0 aliphatic carbocycles. The molecule has 1 aromatic carbocycles. The summed E-state index contributed by atoms with van der Waals surface area (Å²) in [5, 5.41) is 0. The van der Waals surface area contributed by atoms with Gasteiger partial charge in [-0.15, -0.1) is 0 Å². The largest absolute Gasteiger partial charge is 0.497 e. The molecule has 2 heteroatoms. The molecule has 0 aliphatic heterocycles. The minimum Gasteiger partial charge on any atom is -0.497 e. The van der Waals surface area contributed by atoms with Crippen LogP contribution in [0.4, 0.5) is 0 Å². The third-order valence-corrected chi connectivity index (χ3v) is 2.72. The van der Waals surface area contributed by atoms with Crippen LogP contribution in [0.15, 0.2) is 24.3 Å². The van der Waals surface area contributed by atoms with Crippen molar-refractivity contribution in [3.05, 3.63) is 29.8 Å². The quantitative estimate of drug-likeness (QED) is 0.740. The fourth-order valence-corrected chi connectivity index (χ4v) is 1.38. The van der Waals surface area contributed by atoms with Gasteiger partial charge in [-0.05, 0) is 37.5 Å². The number of carbonyl (C=O) groups excluding carboxylic acids is 1. The first kappa shape index (κ1) is 11.8. The van der Waals surface area contributed by atoms with Crippen LogP contribution in [-0.2, 0) is 11.2 Å². The number of methoxy groups -OCH3 is 1. The summed E-state index contributed by atoms with van der Waals surface area (Å²) in [5.41, 5.74) is 1.25. The second-order valence-electron chi connectivity index (χ2n) is 3.90. The highest BCUT2D eigenvalue weighted by Gasteiger charge is 2.07. The number of benzene rings is 1. The molecule has 0 saturated heterocycles. The molecule has 0 amide bonds. The van der Waals surface area contributed by atoms with Crippen molar-refractivity contribution in [3.63, 3.8) is 0 Å². The van der Waals surface area contributed by atoms with Crippen molar-refractivity contribution in [1.82, 2.24) is 0 Å². The van der Waals surface area contributed by atoms with Crippen LogP contribution >= 0.6 is 0 Å². The average Bonchev–Trinajstić information content (AvgIpc) is 2.26. The van der Waals surface area contributed by atoms with E-state index in [2.05, 4.69) is 0 Å². The van der Waals surface area contributed by atoms with E-state index in [1.807, 2.05) is 31.2 Å². The fourth-order valence-electron chi connectivity index (χ4n) is 1.38. The van der Waals surface area contributed by atoms with Gasteiger partial charge < -0.3 is 4.74 Å². The molecule has 0 saturated carbocycles. The Balaban J connectivity index is 2.47. The maximum absolute atomic E-state index is 11.0. The molecular formula is C13H18O2. The van der Waals surface area contributed by atoms with Crippen molar-refractivity contribution >= 4 is 5.78 Å². The zero-order chi connectivity index (χ0) is 11.3. The van der Waals surface area contributed by atoms with E-state index in [-0.39, 0.29) is 11.7 Å². The standard InChI is InChI=1S/C13H18O2/c1-10(11(2)14)4-5-12-6-8-13(15-3)9-7-12/h6-10H,4-5H2,1-3H3. The minimum atomic E-state index is 0.159. The number of rotatable bonds is 5. The topological polar surface area (TPSA) is 26.3 Å². The van der Waals surface area contributed by atoms with E-state index in [1.165, 1.54) is 5.56 Å². The summed E-state index contributed by atoms with van der Waals surface area (Å²) in [6.07, 6.45) is 1.87. The maximum Gasteiger partial charge on any atom is 0.132 e. The molecule has 1 unspecified atom stereocenters. The van der Waals surface area contributed by atoms with E-state index in [4.69, 9.17) is 4.74 Å². The van der Waals surface area contributed by atoms with Crippen LogP contribution in [-0.4, -0.2) is 12.9 Å². The summed E-state index contributed by atoms with van der Waals surface area (Å²) < 4.78 is 5.08. The Kier molecular flexibility index (Phi) is 4.35. The highest BCUT2D eigenvalue weighted by molar-refractivity contribution is 5.77. The number of ketones is 1. The summed E-state index contributed by atoms with van der Waals surface area (Å²) in [6.45, 7) is 3.63. The molecule has 0 aromatic heterocycles. The Morgan fingerprint density at radius 1 is 1.33 bits per heavy atom. The molecule has 0 bridgehead atoms. The van der Waals surface area contributed by atoms with Gasteiger partial charge in [-0.3, -0.25) is 4.79 Å². The molecule has 0 spiro atoms. The molecule has 0 fully saturated rings. The van der Waals surface area contributed by atoms with Crippen LogP contribution in [0.3, 0.4) is 0 Å². The Morgan fingerprint density at radius 2 is 1.93 bits per heavy atom. The molecule has 0 radical (unpaired) electrons. The highest BCUT2D eigenvalue weighted by Crippen LogP contribution is 2.14. The van der Waals surface area contributed by atoms with E-state index >= 15 is 0 Å². The van der Waals surface area contributed by atoms with Gasteiger partial charge in [0.05, 0.1) is 7.11 Å². The lowest BCUT2D eigenvalue weighted by Crippen LogP contribution is -2.07. The van der Waals surface area contributed by atoms with E-state index in [0.29, 0.717) is 0 Å². The van der Waals surface area contributed by atoms with Crippen LogP contribution in [0.25, 0.3) is 0 Å². The number of ether oxygens (including phenoxy) is 1. The normalized spacial score (nSPS) is 12.2. The molecule has 0 aliphatic rings. The van der Waals surface area contributed by atoms with Crippen molar-refractivity contribution in [3.8, 4) is 5.75 Å². The third-order valence-electron chi connectivity index (χ3n) is 2.72. The van der Waals surface area contributed by atoms with Crippen molar-refractivity contribution < 1.29 is 9.53 Å². The number of carbonyl (C=O) groups is 1. The van der Waals surface area contributed by atoms with Crippen molar-refractivity contribution in [2.75, 3.05) is 7.11 Å². The first-order valence-electron chi connectivity index (χ1n) is 5.27. The van der Waals surface area contributed by atoms with Gasteiger partial charge in [0.1, 0.15) is 11.5 Å². The average molecular weight is 206 g/mol. The summed E-state index contributed by atoms with van der Waals surface area (Å²) >= 11 is 0. The predicted molar refractivity (Wildman–Crippen MR) is 61.2 cm³/mol. The van der Waals surface area contributed by atoms with E-state index < -0.39 is 0 Å². The Morgan fingerprint density at radius 3 is 2.40 bits per heavy atom. The molecule has 0 heterocycles. The van der Waals surface area contributed by atoms with Gasteiger partial charge in [0, 0.05) is 5.92 Å². The monoisotopic (exact) mass is 206 g/mol. The van der Waals surface area contributed by atoms with Gasteiger partial charge >= 0.3 is 0 Å². The van der Waals surface area contributed by atoms with E-state index in [9.17, 15) is 4.79 Å². The second-order valence-corrected chi connectivity index (χ2v) is 3.90. The number of Topliss-reactive ketones (excluding diaryl/α,β-unsaturated/α-hetero) is 1. The van der Waals surface area contributed by atoms with Crippen LogP contribution in [0, 0.1) is 5.92 Å². The lowest BCUT2D eigenvalue weighted by atomic mass is 9.98.